The molecule has 1 atom stereocenters. The second-order valence-corrected chi connectivity index (χ2v) is 5.09. The molecule has 0 fully saturated rings. The molecule has 0 aliphatic heterocycles. The molecule has 22 heavy (non-hydrogen) atoms. The predicted molar refractivity (Wildman–Crippen MR) is 79.5 cm³/mol. The molecule has 0 aliphatic rings. The van der Waals surface area contributed by atoms with Crippen LogP contribution in [0.15, 0.2) is 0 Å². The van der Waals surface area contributed by atoms with Gasteiger partial charge in [0.1, 0.15) is 10.7 Å². The standard InChI is InChI=1S/C13H19ClN4O4/c1-4-5-6-18-10(14)9(7(2)17-18)12(20)22-8(3)11(19)16-13(15)21/h8H,4-6H2,1-3H3,(H3,15,16,19,21)/t8-/m0/s1. The molecule has 1 aromatic heterocycles. The van der Waals surface area contributed by atoms with Gasteiger partial charge < -0.3 is 10.5 Å². The van der Waals surface area contributed by atoms with Gasteiger partial charge in [-0.1, -0.05) is 24.9 Å². The van der Waals surface area contributed by atoms with Gasteiger partial charge in [0, 0.05) is 6.54 Å². The van der Waals surface area contributed by atoms with Crippen LogP contribution in [0.3, 0.4) is 0 Å². The number of amides is 3. The highest BCUT2D eigenvalue weighted by Crippen LogP contribution is 2.21. The summed E-state index contributed by atoms with van der Waals surface area (Å²) in [5.41, 5.74) is 5.34. The SMILES string of the molecule is CCCCn1nc(C)c(C(=O)O[C@@H](C)C(=O)NC(N)=O)c1Cl. The maximum atomic E-state index is 12.1. The molecule has 9 heteroatoms. The molecule has 1 aromatic rings. The van der Waals surface area contributed by atoms with E-state index in [-0.39, 0.29) is 10.7 Å². The number of esters is 1. The minimum atomic E-state index is -1.19. The van der Waals surface area contributed by atoms with Crippen LogP contribution < -0.4 is 11.1 Å². The molecular weight excluding hydrogens is 312 g/mol. The summed E-state index contributed by atoms with van der Waals surface area (Å²) in [5.74, 6) is -1.59. The molecule has 3 N–H and O–H groups in total. The quantitative estimate of drug-likeness (QED) is 0.764. The summed E-state index contributed by atoms with van der Waals surface area (Å²) in [5, 5.41) is 6.17. The van der Waals surface area contributed by atoms with Crippen molar-refractivity contribution in [2.75, 3.05) is 0 Å². The fraction of sp³-hybridized carbons (Fsp3) is 0.538. The first-order chi connectivity index (χ1) is 10.3. The van der Waals surface area contributed by atoms with Crippen LogP contribution in [0, 0.1) is 6.92 Å². The van der Waals surface area contributed by atoms with Crippen LogP contribution in [-0.2, 0) is 16.1 Å². The topological polar surface area (TPSA) is 116 Å². The number of hydrogen-bond acceptors (Lipinski definition) is 5. The zero-order chi connectivity index (χ0) is 16.9. The van der Waals surface area contributed by atoms with E-state index in [2.05, 4.69) is 5.10 Å². The van der Waals surface area contributed by atoms with E-state index in [0.717, 1.165) is 12.8 Å². The number of carbonyl (C=O) groups is 3. The number of aryl methyl sites for hydroxylation is 2. The molecule has 1 heterocycles. The molecule has 3 amide bonds. The summed E-state index contributed by atoms with van der Waals surface area (Å²) >= 11 is 6.13. The molecule has 8 nitrogen and oxygen atoms in total. The van der Waals surface area contributed by atoms with Crippen molar-refractivity contribution in [1.82, 2.24) is 15.1 Å². The highest BCUT2D eigenvalue weighted by Gasteiger charge is 2.26. The number of nitrogens with two attached hydrogens (primary N) is 1. The summed E-state index contributed by atoms with van der Waals surface area (Å²) in [6, 6.07) is -1.02. The van der Waals surface area contributed by atoms with Gasteiger partial charge in [0.15, 0.2) is 6.10 Å². The monoisotopic (exact) mass is 330 g/mol. The number of urea groups is 1. The van der Waals surface area contributed by atoms with E-state index in [1.165, 1.54) is 11.6 Å². The molecule has 0 aromatic carbocycles. The first-order valence-corrected chi connectivity index (χ1v) is 7.19. The average Bonchev–Trinajstić information content (AvgIpc) is 2.70. The number of primary amides is 1. The Morgan fingerprint density at radius 1 is 1.45 bits per heavy atom. The molecule has 0 radical (unpaired) electrons. The van der Waals surface area contributed by atoms with E-state index in [1.807, 2.05) is 12.2 Å². The van der Waals surface area contributed by atoms with E-state index in [1.54, 1.807) is 6.92 Å². The van der Waals surface area contributed by atoms with Gasteiger partial charge in [-0.05, 0) is 20.3 Å². The van der Waals surface area contributed by atoms with E-state index in [0.29, 0.717) is 12.2 Å². The lowest BCUT2D eigenvalue weighted by Gasteiger charge is -2.11. The van der Waals surface area contributed by atoms with E-state index in [9.17, 15) is 14.4 Å². The third kappa shape index (κ3) is 4.45. The van der Waals surface area contributed by atoms with Crippen LogP contribution in [0.5, 0.6) is 0 Å². The number of hydrogen-bond donors (Lipinski definition) is 2. The zero-order valence-electron chi connectivity index (χ0n) is 12.7. The number of unbranched alkanes of at least 4 members (excludes halogenated alkanes) is 1. The Morgan fingerprint density at radius 3 is 2.64 bits per heavy atom. The molecule has 0 saturated heterocycles. The lowest BCUT2D eigenvalue weighted by Crippen LogP contribution is -2.42. The molecule has 122 valence electrons. The second-order valence-electron chi connectivity index (χ2n) is 4.73. The van der Waals surface area contributed by atoms with Gasteiger partial charge in [-0.25, -0.2) is 9.59 Å². The predicted octanol–water partition coefficient (Wildman–Crippen LogP) is 1.39. The average molecular weight is 331 g/mol. The van der Waals surface area contributed by atoms with Crippen molar-refractivity contribution in [2.24, 2.45) is 5.73 Å². The Morgan fingerprint density at radius 2 is 2.09 bits per heavy atom. The lowest BCUT2D eigenvalue weighted by atomic mass is 10.2. The number of carbonyl (C=O) groups excluding carboxylic acids is 3. The first kappa shape index (κ1) is 18.0. The van der Waals surface area contributed by atoms with Crippen molar-refractivity contribution in [2.45, 2.75) is 46.3 Å². The molecule has 0 saturated carbocycles. The maximum absolute atomic E-state index is 12.1. The van der Waals surface area contributed by atoms with E-state index in [4.69, 9.17) is 22.1 Å². The third-order valence-electron chi connectivity index (χ3n) is 2.89. The van der Waals surface area contributed by atoms with E-state index < -0.39 is 24.0 Å². The highest BCUT2D eigenvalue weighted by atomic mass is 35.5. The van der Waals surface area contributed by atoms with Gasteiger partial charge >= 0.3 is 12.0 Å². The van der Waals surface area contributed by atoms with Gasteiger partial charge in [0.2, 0.25) is 0 Å². The number of nitrogens with zero attached hydrogens (tertiary/aromatic N) is 2. The Labute approximate surface area is 132 Å². The van der Waals surface area contributed by atoms with Gasteiger partial charge in [0.25, 0.3) is 5.91 Å². The number of ether oxygens (including phenoxy) is 1. The van der Waals surface area contributed by atoms with Crippen molar-refractivity contribution in [3.05, 3.63) is 16.4 Å². The van der Waals surface area contributed by atoms with Crippen molar-refractivity contribution in [3.8, 4) is 0 Å². The van der Waals surface area contributed by atoms with E-state index >= 15 is 0 Å². The Hall–Kier alpha value is -2.09. The number of halogens is 1. The molecule has 0 bridgehead atoms. The van der Waals surface area contributed by atoms with Crippen molar-refractivity contribution in [3.63, 3.8) is 0 Å². The van der Waals surface area contributed by atoms with Crippen molar-refractivity contribution < 1.29 is 19.1 Å². The van der Waals surface area contributed by atoms with Crippen LogP contribution in [-0.4, -0.2) is 33.8 Å². The number of aromatic nitrogens is 2. The maximum Gasteiger partial charge on any atom is 0.343 e. The smallest absolute Gasteiger partial charge is 0.343 e. The molecule has 0 spiro atoms. The Kier molecular flexibility index (Phi) is 6.36. The molecule has 0 aliphatic carbocycles. The van der Waals surface area contributed by atoms with Crippen LogP contribution in [0.4, 0.5) is 4.79 Å². The fourth-order valence-electron chi connectivity index (χ4n) is 1.74. The van der Waals surface area contributed by atoms with Gasteiger partial charge in [-0.2, -0.15) is 5.10 Å². The number of rotatable bonds is 6. The van der Waals surface area contributed by atoms with Crippen LogP contribution >= 0.6 is 11.6 Å². The highest BCUT2D eigenvalue weighted by molar-refractivity contribution is 6.32. The molecular formula is C13H19ClN4O4. The Balaban J connectivity index is 2.83. The summed E-state index contributed by atoms with van der Waals surface area (Å²) < 4.78 is 6.50. The molecule has 1 rings (SSSR count). The van der Waals surface area contributed by atoms with Crippen LogP contribution in [0.2, 0.25) is 5.15 Å². The zero-order valence-corrected chi connectivity index (χ0v) is 13.4. The Bertz CT molecular complexity index is 585. The molecule has 0 unspecified atom stereocenters. The minimum Gasteiger partial charge on any atom is -0.449 e. The summed E-state index contributed by atoms with van der Waals surface area (Å²) in [6.07, 6.45) is 0.640. The van der Waals surface area contributed by atoms with Crippen molar-refractivity contribution in [1.29, 1.82) is 0 Å². The fourth-order valence-corrected chi connectivity index (χ4v) is 2.07. The van der Waals surface area contributed by atoms with Crippen molar-refractivity contribution >= 4 is 29.5 Å². The van der Waals surface area contributed by atoms with Crippen LogP contribution in [0.1, 0.15) is 42.7 Å². The van der Waals surface area contributed by atoms with Gasteiger partial charge in [0.05, 0.1) is 5.69 Å². The normalized spacial score (nSPS) is 11.8. The summed E-state index contributed by atoms with van der Waals surface area (Å²) in [4.78, 5) is 34.2. The van der Waals surface area contributed by atoms with Crippen LogP contribution in [0.25, 0.3) is 0 Å². The number of imide groups is 1. The van der Waals surface area contributed by atoms with Gasteiger partial charge in [-0.3, -0.25) is 14.8 Å². The largest absolute Gasteiger partial charge is 0.449 e. The lowest BCUT2D eigenvalue weighted by molar-refractivity contribution is -0.127. The minimum absolute atomic E-state index is 0.108. The summed E-state index contributed by atoms with van der Waals surface area (Å²) in [7, 11) is 0. The second kappa shape index (κ2) is 7.79. The first-order valence-electron chi connectivity index (χ1n) is 6.82. The number of nitrogens with one attached hydrogen (secondary N) is 1. The summed E-state index contributed by atoms with van der Waals surface area (Å²) in [6.45, 7) is 5.56. The van der Waals surface area contributed by atoms with Gasteiger partial charge in [-0.15, -0.1) is 0 Å². The third-order valence-corrected chi connectivity index (χ3v) is 3.28.